The van der Waals surface area contributed by atoms with Gasteiger partial charge in [0.1, 0.15) is 0 Å². The van der Waals surface area contributed by atoms with Gasteiger partial charge in [-0.25, -0.2) is 9.79 Å². The molecule has 0 bridgehead atoms. The van der Waals surface area contributed by atoms with Crippen LogP contribution in [0.4, 0.5) is 0 Å². The first-order valence-corrected chi connectivity index (χ1v) is 3.41. The first-order valence-electron chi connectivity index (χ1n) is 3.41. The molecule has 1 aromatic rings. The Morgan fingerprint density at radius 3 is 2.77 bits per heavy atom. The number of H-pyrrole nitrogens is 1. The molecule has 70 valence electrons. The maximum atomic E-state index is 10.7. The van der Waals surface area contributed by atoms with Gasteiger partial charge in [-0.1, -0.05) is 0 Å². The smallest absolute Gasteiger partial charge is 0.333 e. The molecule has 0 aliphatic rings. The van der Waals surface area contributed by atoms with Crippen molar-refractivity contribution in [1.29, 1.82) is 0 Å². The number of guanidine groups is 1. The summed E-state index contributed by atoms with van der Waals surface area (Å²) in [6.45, 7) is 0. The van der Waals surface area contributed by atoms with Crippen molar-refractivity contribution in [3.8, 4) is 0 Å². The molecule has 0 aliphatic heterocycles. The minimum absolute atomic E-state index is 0.270. The molecule has 7 nitrogen and oxygen atoms in total. The second kappa shape index (κ2) is 3.57. The van der Waals surface area contributed by atoms with Crippen LogP contribution in [0.15, 0.2) is 17.4 Å². The maximum absolute atomic E-state index is 10.7. The summed E-state index contributed by atoms with van der Waals surface area (Å²) in [4.78, 5) is 14.2. The van der Waals surface area contributed by atoms with Crippen LogP contribution in [0.2, 0.25) is 0 Å². The summed E-state index contributed by atoms with van der Waals surface area (Å²) in [7, 11) is 0. The molecular weight excluding hydrogens is 174 g/mol. The Balaban J connectivity index is 2.94. The summed E-state index contributed by atoms with van der Waals surface area (Å²) >= 11 is 0. The molecule has 0 saturated heterocycles. The molecule has 13 heavy (non-hydrogen) atoms. The SMILES string of the molecule is NC(N)=NC(C(=O)O)c1cn[nH]c1. The third kappa shape index (κ3) is 2.19. The zero-order valence-electron chi connectivity index (χ0n) is 6.64. The highest BCUT2D eigenvalue weighted by molar-refractivity contribution is 5.82. The molecule has 0 fully saturated rings. The van der Waals surface area contributed by atoms with Gasteiger partial charge < -0.3 is 16.6 Å². The number of nitrogens with one attached hydrogen (secondary N) is 1. The molecule has 0 aromatic carbocycles. The van der Waals surface area contributed by atoms with Crippen molar-refractivity contribution in [2.45, 2.75) is 6.04 Å². The van der Waals surface area contributed by atoms with Gasteiger partial charge in [-0.15, -0.1) is 0 Å². The lowest BCUT2D eigenvalue weighted by Crippen LogP contribution is -2.25. The summed E-state index contributed by atoms with van der Waals surface area (Å²) < 4.78 is 0. The van der Waals surface area contributed by atoms with Gasteiger partial charge in [-0.05, 0) is 0 Å². The average molecular weight is 183 g/mol. The van der Waals surface area contributed by atoms with Crippen molar-refractivity contribution < 1.29 is 9.90 Å². The highest BCUT2D eigenvalue weighted by Crippen LogP contribution is 2.14. The molecule has 7 heteroatoms. The Morgan fingerprint density at radius 2 is 2.38 bits per heavy atom. The third-order valence-electron chi connectivity index (χ3n) is 1.35. The van der Waals surface area contributed by atoms with Gasteiger partial charge in [-0.3, -0.25) is 5.10 Å². The number of aromatic amines is 1. The summed E-state index contributed by atoms with van der Waals surface area (Å²) in [5.41, 5.74) is 10.5. The fraction of sp³-hybridized carbons (Fsp3) is 0.167. The zero-order chi connectivity index (χ0) is 9.84. The monoisotopic (exact) mass is 183 g/mol. The number of hydrogen-bond acceptors (Lipinski definition) is 3. The molecular formula is C6H9N5O2. The second-order valence-electron chi connectivity index (χ2n) is 2.33. The number of aliphatic carboxylic acids is 1. The first-order chi connectivity index (χ1) is 6.11. The largest absolute Gasteiger partial charge is 0.479 e. The molecule has 1 atom stereocenters. The predicted octanol–water partition coefficient (Wildman–Crippen LogP) is -1.19. The minimum Gasteiger partial charge on any atom is -0.479 e. The first kappa shape index (κ1) is 9.04. The Labute approximate surface area is 73.5 Å². The van der Waals surface area contributed by atoms with E-state index in [9.17, 15) is 4.79 Å². The number of aromatic nitrogens is 2. The lowest BCUT2D eigenvalue weighted by atomic mass is 10.2. The molecule has 0 aliphatic carbocycles. The highest BCUT2D eigenvalue weighted by atomic mass is 16.4. The number of carboxylic acid groups (broad SMARTS) is 1. The van der Waals surface area contributed by atoms with E-state index in [2.05, 4.69) is 15.2 Å². The molecule has 1 heterocycles. The van der Waals surface area contributed by atoms with Gasteiger partial charge in [0.05, 0.1) is 6.20 Å². The summed E-state index contributed by atoms with van der Waals surface area (Å²) in [6.07, 6.45) is 2.77. The Morgan fingerprint density at radius 1 is 1.69 bits per heavy atom. The normalized spacial score (nSPS) is 12.0. The summed E-state index contributed by atoms with van der Waals surface area (Å²) in [5.74, 6) is -1.40. The molecule has 0 spiro atoms. The Kier molecular flexibility index (Phi) is 2.48. The van der Waals surface area contributed by atoms with Crippen LogP contribution < -0.4 is 11.5 Å². The van der Waals surface area contributed by atoms with Crippen molar-refractivity contribution in [1.82, 2.24) is 10.2 Å². The molecule has 1 unspecified atom stereocenters. The molecule has 0 saturated carbocycles. The van der Waals surface area contributed by atoms with Crippen molar-refractivity contribution >= 4 is 11.9 Å². The van der Waals surface area contributed by atoms with Gasteiger partial charge in [0.25, 0.3) is 0 Å². The van der Waals surface area contributed by atoms with Crippen molar-refractivity contribution in [3.05, 3.63) is 18.0 Å². The zero-order valence-corrected chi connectivity index (χ0v) is 6.64. The fourth-order valence-corrected chi connectivity index (χ4v) is 0.832. The summed E-state index contributed by atoms with van der Waals surface area (Å²) in [6, 6.07) is -1.09. The van der Waals surface area contributed by atoms with Gasteiger partial charge in [-0.2, -0.15) is 5.10 Å². The van der Waals surface area contributed by atoms with E-state index in [-0.39, 0.29) is 5.96 Å². The lowest BCUT2D eigenvalue weighted by Gasteiger charge is -2.03. The van der Waals surface area contributed by atoms with Crippen LogP contribution in [0.3, 0.4) is 0 Å². The third-order valence-corrected chi connectivity index (χ3v) is 1.35. The van der Waals surface area contributed by atoms with Crippen LogP contribution in [-0.2, 0) is 4.79 Å². The van der Waals surface area contributed by atoms with Crippen LogP contribution in [0, 0.1) is 0 Å². The van der Waals surface area contributed by atoms with Crippen molar-refractivity contribution in [2.24, 2.45) is 16.5 Å². The van der Waals surface area contributed by atoms with E-state index in [0.717, 1.165) is 0 Å². The Hall–Kier alpha value is -2.05. The van der Waals surface area contributed by atoms with E-state index in [4.69, 9.17) is 16.6 Å². The number of aliphatic imine (C=N–C) groups is 1. The fourth-order valence-electron chi connectivity index (χ4n) is 0.832. The van der Waals surface area contributed by atoms with Gasteiger partial charge in [0.15, 0.2) is 12.0 Å². The van der Waals surface area contributed by atoms with E-state index in [0.29, 0.717) is 5.56 Å². The van der Waals surface area contributed by atoms with E-state index in [1.54, 1.807) is 0 Å². The highest BCUT2D eigenvalue weighted by Gasteiger charge is 2.19. The predicted molar refractivity (Wildman–Crippen MR) is 44.8 cm³/mol. The molecule has 0 radical (unpaired) electrons. The average Bonchev–Trinajstić information content (AvgIpc) is 2.50. The molecule has 1 aromatic heterocycles. The second-order valence-corrected chi connectivity index (χ2v) is 2.33. The number of hydrogen-bond donors (Lipinski definition) is 4. The quantitative estimate of drug-likeness (QED) is 0.345. The topological polar surface area (TPSA) is 130 Å². The number of nitrogens with two attached hydrogens (primary N) is 2. The van der Waals surface area contributed by atoms with Gasteiger partial charge >= 0.3 is 5.97 Å². The number of rotatable bonds is 3. The van der Waals surface area contributed by atoms with Crippen LogP contribution >= 0.6 is 0 Å². The van der Waals surface area contributed by atoms with Crippen molar-refractivity contribution in [2.75, 3.05) is 0 Å². The van der Waals surface area contributed by atoms with Crippen LogP contribution in [-0.4, -0.2) is 27.2 Å². The van der Waals surface area contributed by atoms with Crippen LogP contribution in [0.1, 0.15) is 11.6 Å². The molecule has 1 rings (SSSR count). The lowest BCUT2D eigenvalue weighted by molar-refractivity contribution is -0.138. The van der Waals surface area contributed by atoms with E-state index in [1.807, 2.05) is 0 Å². The minimum atomic E-state index is -1.13. The molecule has 6 N–H and O–H groups in total. The standard InChI is InChI=1S/C6H9N5O2/c7-6(8)11-4(5(12)13)3-1-9-10-2-3/h1-2,4H,(H,9,10)(H,12,13)(H4,7,8,11). The van der Waals surface area contributed by atoms with E-state index in [1.165, 1.54) is 12.4 Å². The number of carboxylic acids is 1. The summed E-state index contributed by atoms with van der Waals surface area (Å²) in [5, 5.41) is 14.8. The number of nitrogens with zero attached hydrogens (tertiary/aromatic N) is 2. The van der Waals surface area contributed by atoms with Gasteiger partial charge in [0.2, 0.25) is 0 Å². The van der Waals surface area contributed by atoms with Crippen LogP contribution in [0.25, 0.3) is 0 Å². The van der Waals surface area contributed by atoms with Gasteiger partial charge in [0, 0.05) is 11.8 Å². The van der Waals surface area contributed by atoms with E-state index < -0.39 is 12.0 Å². The Bertz CT molecular complexity index is 314. The van der Waals surface area contributed by atoms with Crippen LogP contribution in [0.5, 0.6) is 0 Å². The molecule has 0 amide bonds. The van der Waals surface area contributed by atoms with E-state index >= 15 is 0 Å². The number of carbonyl (C=O) groups is 1. The van der Waals surface area contributed by atoms with Crippen molar-refractivity contribution in [3.63, 3.8) is 0 Å². The maximum Gasteiger partial charge on any atom is 0.333 e.